The van der Waals surface area contributed by atoms with E-state index < -0.39 is 17.6 Å². The van der Waals surface area contributed by atoms with Gasteiger partial charge in [0.1, 0.15) is 5.82 Å². The summed E-state index contributed by atoms with van der Waals surface area (Å²) in [7, 11) is 0. The maximum atomic E-state index is 13.0. The lowest BCUT2D eigenvalue weighted by Crippen LogP contribution is -2.16. The van der Waals surface area contributed by atoms with Gasteiger partial charge in [0.2, 0.25) is 0 Å². The van der Waals surface area contributed by atoms with Crippen molar-refractivity contribution in [3.63, 3.8) is 0 Å². The van der Waals surface area contributed by atoms with E-state index in [0.29, 0.717) is 6.21 Å². The zero-order valence-electron chi connectivity index (χ0n) is 7.58. The van der Waals surface area contributed by atoms with Gasteiger partial charge in [0, 0.05) is 5.69 Å². The Morgan fingerprint density at radius 2 is 2.13 bits per heavy atom. The number of halogens is 1. The number of benzene rings is 1. The molecule has 1 aromatic carbocycles. The quantitative estimate of drug-likeness (QED) is 0.632. The first-order valence-electron chi connectivity index (χ1n) is 3.95. The minimum atomic E-state index is -0.918. The second-order valence-electron chi connectivity index (χ2n) is 2.69. The van der Waals surface area contributed by atoms with Crippen LogP contribution < -0.4 is 11.1 Å². The van der Waals surface area contributed by atoms with Crippen molar-refractivity contribution in [3.05, 3.63) is 29.6 Å². The summed E-state index contributed by atoms with van der Waals surface area (Å²) in [5.74, 6) is -2.34. The SMILES string of the molecule is N=CC(=O)Nc1ccc(F)c(C(N)=O)c1. The van der Waals surface area contributed by atoms with Crippen molar-refractivity contribution in [3.8, 4) is 0 Å². The molecular formula is C9H8FN3O2. The van der Waals surface area contributed by atoms with Gasteiger partial charge >= 0.3 is 0 Å². The lowest BCUT2D eigenvalue weighted by Gasteiger charge is -2.04. The van der Waals surface area contributed by atoms with Crippen molar-refractivity contribution in [2.75, 3.05) is 5.32 Å². The number of carbonyl (C=O) groups is 2. The molecule has 1 rings (SSSR count). The summed E-state index contributed by atoms with van der Waals surface area (Å²) in [6.07, 6.45) is 0.563. The number of rotatable bonds is 3. The van der Waals surface area contributed by atoms with E-state index in [0.717, 1.165) is 12.1 Å². The van der Waals surface area contributed by atoms with Crippen LogP contribution in [0.4, 0.5) is 10.1 Å². The molecule has 0 radical (unpaired) electrons. The third-order valence-corrected chi connectivity index (χ3v) is 1.63. The van der Waals surface area contributed by atoms with E-state index in [1.54, 1.807) is 0 Å². The summed E-state index contributed by atoms with van der Waals surface area (Å²) in [6, 6.07) is 3.39. The van der Waals surface area contributed by atoms with Crippen LogP contribution in [0.2, 0.25) is 0 Å². The second-order valence-corrected chi connectivity index (χ2v) is 2.69. The molecule has 2 amide bonds. The Bertz CT molecular complexity index is 431. The van der Waals surface area contributed by atoms with Crippen LogP contribution in [0.25, 0.3) is 0 Å². The van der Waals surface area contributed by atoms with Crippen LogP contribution in [-0.2, 0) is 4.79 Å². The Balaban J connectivity index is 3.02. The summed E-state index contributed by atoms with van der Waals surface area (Å²) < 4.78 is 13.0. The smallest absolute Gasteiger partial charge is 0.266 e. The monoisotopic (exact) mass is 209 g/mol. The second kappa shape index (κ2) is 4.32. The van der Waals surface area contributed by atoms with Crippen LogP contribution in [0, 0.1) is 11.2 Å². The van der Waals surface area contributed by atoms with Crippen molar-refractivity contribution in [2.45, 2.75) is 0 Å². The third-order valence-electron chi connectivity index (χ3n) is 1.63. The fourth-order valence-corrected chi connectivity index (χ4v) is 0.970. The highest BCUT2D eigenvalue weighted by atomic mass is 19.1. The molecule has 0 fully saturated rings. The minimum Gasteiger partial charge on any atom is -0.366 e. The predicted octanol–water partition coefficient (Wildman–Crippen LogP) is 0.513. The molecule has 0 bridgehead atoms. The highest BCUT2D eigenvalue weighted by Crippen LogP contribution is 2.13. The summed E-state index contributed by atoms with van der Waals surface area (Å²) in [6.45, 7) is 0. The van der Waals surface area contributed by atoms with Gasteiger partial charge in [-0.25, -0.2) is 4.39 Å². The fourth-order valence-electron chi connectivity index (χ4n) is 0.970. The van der Waals surface area contributed by atoms with Crippen molar-refractivity contribution < 1.29 is 14.0 Å². The Hall–Kier alpha value is -2.24. The Kier molecular flexibility index (Phi) is 3.12. The number of amides is 2. The molecule has 0 unspecified atom stereocenters. The lowest BCUT2D eigenvalue weighted by molar-refractivity contribution is -0.110. The average Bonchev–Trinajstić information content (AvgIpc) is 2.20. The topological polar surface area (TPSA) is 96.0 Å². The first-order valence-corrected chi connectivity index (χ1v) is 3.95. The molecule has 0 aromatic heterocycles. The molecule has 0 spiro atoms. The molecule has 78 valence electrons. The molecule has 0 aliphatic heterocycles. The van der Waals surface area contributed by atoms with Gasteiger partial charge < -0.3 is 16.5 Å². The van der Waals surface area contributed by atoms with E-state index in [-0.39, 0.29) is 11.3 Å². The summed E-state index contributed by atoms with van der Waals surface area (Å²) in [5, 5.41) is 8.89. The van der Waals surface area contributed by atoms with Crippen LogP contribution in [0.15, 0.2) is 18.2 Å². The molecule has 0 atom stereocenters. The van der Waals surface area contributed by atoms with E-state index in [9.17, 15) is 14.0 Å². The summed E-state index contributed by atoms with van der Waals surface area (Å²) >= 11 is 0. The van der Waals surface area contributed by atoms with Gasteiger partial charge in [0.25, 0.3) is 11.8 Å². The normalized spacial score (nSPS) is 9.40. The Morgan fingerprint density at radius 3 is 2.67 bits per heavy atom. The molecule has 0 heterocycles. The third kappa shape index (κ3) is 2.60. The fraction of sp³-hybridized carbons (Fsp3) is 0. The summed E-state index contributed by atoms with van der Waals surface area (Å²) in [5.41, 5.74) is 4.81. The zero-order chi connectivity index (χ0) is 11.4. The average molecular weight is 209 g/mol. The number of primary amides is 1. The maximum Gasteiger partial charge on any atom is 0.266 e. The summed E-state index contributed by atoms with van der Waals surface area (Å²) in [4.78, 5) is 21.5. The van der Waals surface area contributed by atoms with E-state index in [1.807, 2.05) is 0 Å². The van der Waals surface area contributed by atoms with Gasteiger partial charge in [-0.3, -0.25) is 9.59 Å². The van der Waals surface area contributed by atoms with E-state index in [4.69, 9.17) is 11.1 Å². The number of carbonyl (C=O) groups excluding carboxylic acids is 2. The number of hydrogen-bond donors (Lipinski definition) is 3. The minimum absolute atomic E-state index is 0.207. The highest BCUT2D eigenvalue weighted by Gasteiger charge is 2.09. The maximum absolute atomic E-state index is 13.0. The van der Waals surface area contributed by atoms with Gasteiger partial charge in [0.15, 0.2) is 0 Å². The molecule has 5 nitrogen and oxygen atoms in total. The lowest BCUT2D eigenvalue weighted by atomic mass is 10.2. The van der Waals surface area contributed by atoms with Gasteiger partial charge in [-0.05, 0) is 18.2 Å². The molecule has 0 saturated carbocycles. The Morgan fingerprint density at radius 1 is 1.47 bits per heavy atom. The van der Waals surface area contributed by atoms with Gasteiger partial charge in [-0.1, -0.05) is 0 Å². The Labute approximate surface area is 84.6 Å². The first-order chi connectivity index (χ1) is 7.04. The number of nitrogens with two attached hydrogens (primary N) is 1. The first kappa shape index (κ1) is 10.8. The van der Waals surface area contributed by atoms with Crippen LogP contribution in [0.3, 0.4) is 0 Å². The molecule has 0 aliphatic rings. The molecule has 6 heteroatoms. The standard InChI is InChI=1S/C9H8FN3O2/c10-7-2-1-5(13-8(14)4-11)3-6(7)9(12)15/h1-4,11H,(H2,12,15)(H,13,14). The molecule has 0 aliphatic carbocycles. The van der Waals surface area contributed by atoms with Crippen molar-refractivity contribution in [1.82, 2.24) is 0 Å². The van der Waals surface area contributed by atoms with Gasteiger partial charge in [-0.15, -0.1) is 0 Å². The zero-order valence-corrected chi connectivity index (χ0v) is 7.58. The molecule has 1 aromatic rings. The molecule has 0 saturated heterocycles. The largest absolute Gasteiger partial charge is 0.366 e. The van der Waals surface area contributed by atoms with Crippen molar-refractivity contribution in [2.24, 2.45) is 5.73 Å². The van der Waals surface area contributed by atoms with Gasteiger partial charge in [-0.2, -0.15) is 0 Å². The molecular weight excluding hydrogens is 201 g/mol. The van der Waals surface area contributed by atoms with E-state index in [1.165, 1.54) is 6.07 Å². The van der Waals surface area contributed by atoms with Crippen LogP contribution in [0.1, 0.15) is 10.4 Å². The number of anilines is 1. The van der Waals surface area contributed by atoms with E-state index >= 15 is 0 Å². The number of nitrogens with one attached hydrogen (secondary N) is 2. The predicted molar refractivity (Wildman–Crippen MR) is 52.3 cm³/mol. The van der Waals surface area contributed by atoms with E-state index in [2.05, 4.69) is 5.32 Å². The molecule has 15 heavy (non-hydrogen) atoms. The highest BCUT2D eigenvalue weighted by molar-refractivity contribution is 6.30. The van der Waals surface area contributed by atoms with Crippen molar-refractivity contribution in [1.29, 1.82) is 5.41 Å². The van der Waals surface area contributed by atoms with Gasteiger partial charge in [0.05, 0.1) is 11.8 Å². The van der Waals surface area contributed by atoms with Crippen molar-refractivity contribution >= 4 is 23.7 Å². The van der Waals surface area contributed by atoms with Crippen LogP contribution >= 0.6 is 0 Å². The van der Waals surface area contributed by atoms with Crippen LogP contribution in [0.5, 0.6) is 0 Å². The number of hydrogen-bond acceptors (Lipinski definition) is 3. The van der Waals surface area contributed by atoms with Crippen LogP contribution in [-0.4, -0.2) is 18.0 Å². The molecule has 4 N–H and O–H groups in total.